The van der Waals surface area contributed by atoms with Crippen LogP contribution in [-0.2, 0) is 18.5 Å². The second kappa shape index (κ2) is 9.39. The van der Waals surface area contributed by atoms with Crippen LogP contribution in [0.3, 0.4) is 0 Å². The Balaban J connectivity index is 1.84. The van der Waals surface area contributed by atoms with Crippen molar-refractivity contribution in [1.82, 2.24) is 10.2 Å². The average molecular weight is 566 g/mol. The molecule has 0 amide bonds. The lowest BCUT2D eigenvalue weighted by atomic mass is 9.96. The van der Waals surface area contributed by atoms with Crippen LogP contribution < -0.4 is 4.74 Å². The SMILES string of the molecule is Cc1c(C(F)(F)F)cc(C(F)(F)F)c(C(F)(F)F)c1Oc1nnc(-c2ccccc2)c2cc3ccccc3cc12. The lowest BCUT2D eigenvalue weighted by Gasteiger charge is -2.24. The predicted octanol–water partition coefficient (Wildman–Crippen LogP) is 9.61. The summed E-state index contributed by atoms with van der Waals surface area (Å²) in [7, 11) is 0. The molecule has 0 saturated heterocycles. The monoisotopic (exact) mass is 566 g/mol. The Hall–Kier alpha value is -4.35. The molecule has 40 heavy (non-hydrogen) atoms. The number of fused-ring (bicyclic) bond motifs is 2. The van der Waals surface area contributed by atoms with Crippen LogP contribution in [0, 0.1) is 6.92 Å². The van der Waals surface area contributed by atoms with Gasteiger partial charge in [-0.25, -0.2) is 0 Å². The van der Waals surface area contributed by atoms with Gasteiger partial charge in [-0.3, -0.25) is 0 Å². The van der Waals surface area contributed by atoms with Crippen molar-refractivity contribution in [2.24, 2.45) is 0 Å². The molecular weight excluding hydrogens is 551 g/mol. The minimum Gasteiger partial charge on any atom is -0.436 e. The third-order valence-corrected chi connectivity index (χ3v) is 6.28. The molecule has 0 unspecified atom stereocenters. The normalized spacial score (nSPS) is 12.8. The van der Waals surface area contributed by atoms with Crippen molar-refractivity contribution in [3.05, 3.63) is 95.1 Å². The Morgan fingerprint density at radius 1 is 0.600 bits per heavy atom. The first kappa shape index (κ1) is 27.2. The highest BCUT2D eigenvalue weighted by Gasteiger charge is 2.49. The van der Waals surface area contributed by atoms with Gasteiger partial charge in [0, 0.05) is 21.9 Å². The Morgan fingerprint density at radius 3 is 1.70 bits per heavy atom. The Labute approximate surface area is 219 Å². The molecule has 0 N–H and O–H groups in total. The molecule has 206 valence electrons. The van der Waals surface area contributed by atoms with Crippen molar-refractivity contribution in [2.45, 2.75) is 25.5 Å². The summed E-state index contributed by atoms with van der Waals surface area (Å²) in [5, 5.41) is 9.48. The summed E-state index contributed by atoms with van der Waals surface area (Å²) in [6, 6.07) is 17.9. The van der Waals surface area contributed by atoms with Crippen LogP contribution in [-0.4, -0.2) is 10.2 Å². The lowest BCUT2D eigenvalue weighted by Crippen LogP contribution is -2.21. The van der Waals surface area contributed by atoms with E-state index in [4.69, 9.17) is 4.74 Å². The van der Waals surface area contributed by atoms with Gasteiger partial charge in [0.15, 0.2) is 0 Å². The number of aromatic nitrogens is 2. The smallest absolute Gasteiger partial charge is 0.420 e. The fourth-order valence-electron chi connectivity index (χ4n) is 4.48. The van der Waals surface area contributed by atoms with Crippen molar-refractivity contribution in [3.8, 4) is 22.9 Å². The summed E-state index contributed by atoms with van der Waals surface area (Å²) >= 11 is 0. The van der Waals surface area contributed by atoms with Gasteiger partial charge < -0.3 is 4.74 Å². The first-order valence-electron chi connectivity index (χ1n) is 11.5. The average Bonchev–Trinajstić information content (AvgIpc) is 2.87. The largest absolute Gasteiger partial charge is 0.436 e. The molecule has 4 aromatic carbocycles. The van der Waals surface area contributed by atoms with Gasteiger partial charge in [-0.05, 0) is 35.9 Å². The van der Waals surface area contributed by atoms with E-state index in [9.17, 15) is 39.5 Å². The van der Waals surface area contributed by atoms with Gasteiger partial charge in [-0.1, -0.05) is 54.6 Å². The summed E-state index contributed by atoms with van der Waals surface area (Å²) in [4.78, 5) is 0. The van der Waals surface area contributed by atoms with Crippen molar-refractivity contribution >= 4 is 21.5 Å². The molecule has 0 aliphatic heterocycles. The van der Waals surface area contributed by atoms with E-state index in [2.05, 4.69) is 10.2 Å². The zero-order chi connectivity index (χ0) is 29.0. The minimum atomic E-state index is -5.78. The maximum Gasteiger partial charge on any atom is 0.420 e. The van der Waals surface area contributed by atoms with E-state index < -0.39 is 58.5 Å². The Morgan fingerprint density at radius 2 is 1.15 bits per heavy atom. The summed E-state index contributed by atoms with van der Waals surface area (Å²) in [5.74, 6) is -2.35. The van der Waals surface area contributed by atoms with Crippen LogP contribution in [0.5, 0.6) is 11.6 Å². The number of hydrogen-bond acceptors (Lipinski definition) is 3. The predicted molar refractivity (Wildman–Crippen MR) is 129 cm³/mol. The van der Waals surface area contributed by atoms with E-state index in [1.807, 2.05) is 0 Å². The fourth-order valence-corrected chi connectivity index (χ4v) is 4.48. The van der Waals surface area contributed by atoms with Crippen molar-refractivity contribution in [2.75, 3.05) is 0 Å². The maximum absolute atomic E-state index is 14.1. The van der Waals surface area contributed by atoms with Gasteiger partial charge in [0.2, 0.25) is 5.88 Å². The number of benzene rings is 4. The van der Waals surface area contributed by atoms with Gasteiger partial charge in [0.1, 0.15) is 17.0 Å². The standard InChI is InChI=1S/C28H15F9N2O/c1-14-20(26(29,30)31)13-21(27(32,33)34)22(28(35,36)37)24(14)40-25-19-12-17-10-6-5-9-16(17)11-18(19)23(38-39-25)15-7-3-2-4-8-15/h2-13H,1H3. The molecule has 0 saturated carbocycles. The summed E-state index contributed by atoms with van der Waals surface area (Å²) in [6.07, 6.45) is -16.9. The Bertz CT molecular complexity index is 1740. The summed E-state index contributed by atoms with van der Waals surface area (Å²) < 4.78 is 130. The minimum absolute atomic E-state index is 0.0334. The molecule has 5 aromatic rings. The molecule has 0 fully saturated rings. The van der Waals surface area contributed by atoms with E-state index in [1.165, 1.54) is 6.07 Å². The third kappa shape index (κ3) is 4.89. The van der Waals surface area contributed by atoms with Crippen molar-refractivity contribution in [1.29, 1.82) is 0 Å². The van der Waals surface area contributed by atoms with Crippen molar-refractivity contribution in [3.63, 3.8) is 0 Å². The van der Waals surface area contributed by atoms with Crippen LogP contribution >= 0.6 is 0 Å². The van der Waals surface area contributed by atoms with Crippen LogP contribution in [0.1, 0.15) is 22.3 Å². The third-order valence-electron chi connectivity index (χ3n) is 6.28. The molecule has 12 heteroatoms. The zero-order valence-corrected chi connectivity index (χ0v) is 20.1. The molecule has 1 aromatic heterocycles. The van der Waals surface area contributed by atoms with Gasteiger partial charge in [-0.15, -0.1) is 10.2 Å². The van der Waals surface area contributed by atoms with Crippen LogP contribution in [0.2, 0.25) is 0 Å². The molecule has 0 radical (unpaired) electrons. The van der Waals surface area contributed by atoms with Gasteiger partial charge in [0.05, 0.1) is 11.1 Å². The molecule has 0 aliphatic carbocycles. The highest BCUT2D eigenvalue weighted by atomic mass is 19.4. The zero-order valence-electron chi connectivity index (χ0n) is 20.1. The molecular formula is C28H15F9N2O. The van der Waals surface area contributed by atoms with Crippen LogP contribution in [0.4, 0.5) is 39.5 Å². The molecule has 0 bridgehead atoms. The van der Waals surface area contributed by atoms with E-state index in [0.717, 1.165) is 0 Å². The topological polar surface area (TPSA) is 35.0 Å². The molecule has 0 atom stereocenters. The number of nitrogens with zero attached hydrogens (tertiary/aromatic N) is 2. The van der Waals surface area contributed by atoms with Gasteiger partial charge in [-0.2, -0.15) is 39.5 Å². The lowest BCUT2D eigenvalue weighted by molar-refractivity contribution is -0.164. The number of ether oxygens (including phenoxy) is 1. The van der Waals surface area contributed by atoms with Crippen LogP contribution in [0.25, 0.3) is 32.8 Å². The quantitative estimate of drug-likeness (QED) is 0.161. The van der Waals surface area contributed by atoms with E-state index in [-0.39, 0.29) is 11.1 Å². The van der Waals surface area contributed by atoms with Crippen molar-refractivity contribution < 1.29 is 44.3 Å². The maximum atomic E-state index is 14.1. The van der Waals surface area contributed by atoms with E-state index in [1.54, 1.807) is 60.7 Å². The van der Waals surface area contributed by atoms with Crippen LogP contribution in [0.15, 0.2) is 72.8 Å². The number of alkyl halides is 9. The molecule has 3 nitrogen and oxygen atoms in total. The molecule has 0 aliphatic rings. The van der Waals surface area contributed by atoms with Gasteiger partial charge in [0.25, 0.3) is 0 Å². The molecule has 5 rings (SSSR count). The number of hydrogen-bond donors (Lipinski definition) is 0. The number of rotatable bonds is 3. The highest BCUT2D eigenvalue weighted by molar-refractivity contribution is 6.05. The van der Waals surface area contributed by atoms with E-state index in [0.29, 0.717) is 28.6 Å². The van der Waals surface area contributed by atoms with Gasteiger partial charge >= 0.3 is 18.5 Å². The Kier molecular flexibility index (Phi) is 6.39. The summed E-state index contributed by atoms with van der Waals surface area (Å²) in [6.45, 7) is 0.608. The second-order valence-electron chi connectivity index (χ2n) is 8.86. The summed E-state index contributed by atoms with van der Waals surface area (Å²) in [5.41, 5.74) is -7.19. The molecule has 0 spiro atoms. The second-order valence-corrected chi connectivity index (χ2v) is 8.86. The first-order valence-corrected chi connectivity index (χ1v) is 11.5. The first-order chi connectivity index (χ1) is 18.7. The van der Waals surface area contributed by atoms with E-state index >= 15 is 0 Å². The number of halogens is 9. The fraction of sp³-hybridized carbons (Fsp3) is 0.143. The highest BCUT2D eigenvalue weighted by Crippen LogP contribution is 2.51. The molecule has 1 heterocycles.